The Morgan fingerprint density at radius 3 is 1.65 bits per heavy atom. The lowest BCUT2D eigenvalue weighted by atomic mass is 10.0. The van der Waals surface area contributed by atoms with Crippen molar-refractivity contribution in [3.63, 3.8) is 0 Å². The van der Waals surface area contributed by atoms with Crippen molar-refractivity contribution in [1.82, 2.24) is 0 Å². The molecule has 0 spiro atoms. The van der Waals surface area contributed by atoms with Crippen LogP contribution in [0.25, 0.3) is 0 Å². The van der Waals surface area contributed by atoms with Crippen LogP contribution in [-0.2, 0) is 14.3 Å². The standard InChI is InChI=1S/C22H43NO3/c1-2-3-4-5-6-7-8-9-10-11-12-13-14-15-16-19-26-22(25)18-17-21(23)20-24/h20-21H,2-19,23H2,1H3. The first kappa shape index (κ1) is 25.1. The summed E-state index contributed by atoms with van der Waals surface area (Å²) in [4.78, 5) is 21.8. The Morgan fingerprint density at radius 2 is 1.23 bits per heavy atom. The maximum absolute atomic E-state index is 11.4. The summed E-state index contributed by atoms with van der Waals surface area (Å²) >= 11 is 0. The summed E-state index contributed by atoms with van der Waals surface area (Å²) in [7, 11) is 0. The fraction of sp³-hybridized carbons (Fsp3) is 0.909. The van der Waals surface area contributed by atoms with Crippen molar-refractivity contribution in [3.8, 4) is 0 Å². The van der Waals surface area contributed by atoms with Gasteiger partial charge in [0.15, 0.2) is 0 Å². The molecule has 0 saturated heterocycles. The first-order valence-corrected chi connectivity index (χ1v) is 11.1. The van der Waals surface area contributed by atoms with Crippen molar-refractivity contribution in [1.29, 1.82) is 0 Å². The molecule has 26 heavy (non-hydrogen) atoms. The van der Waals surface area contributed by atoms with Gasteiger partial charge in [-0.15, -0.1) is 0 Å². The van der Waals surface area contributed by atoms with Crippen LogP contribution >= 0.6 is 0 Å². The van der Waals surface area contributed by atoms with E-state index in [-0.39, 0.29) is 12.4 Å². The van der Waals surface area contributed by atoms with Gasteiger partial charge < -0.3 is 15.3 Å². The van der Waals surface area contributed by atoms with E-state index in [9.17, 15) is 9.59 Å². The van der Waals surface area contributed by atoms with E-state index in [0.29, 0.717) is 19.3 Å². The van der Waals surface area contributed by atoms with E-state index in [1.54, 1.807) is 0 Å². The summed E-state index contributed by atoms with van der Waals surface area (Å²) in [5.74, 6) is -0.243. The molecule has 0 aliphatic rings. The molecule has 1 unspecified atom stereocenters. The first-order valence-electron chi connectivity index (χ1n) is 11.1. The second kappa shape index (κ2) is 20.4. The number of carbonyl (C=O) groups excluding carboxylic acids is 2. The molecular weight excluding hydrogens is 326 g/mol. The Labute approximate surface area is 161 Å². The fourth-order valence-corrected chi connectivity index (χ4v) is 3.08. The zero-order valence-electron chi connectivity index (χ0n) is 17.2. The number of unbranched alkanes of at least 4 members (excludes halogenated alkanes) is 14. The van der Waals surface area contributed by atoms with Crippen molar-refractivity contribution in [2.75, 3.05) is 6.61 Å². The van der Waals surface area contributed by atoms with Gasteiger partial charge in [-0.25, -0.2) is 0 Å². The molecule has 0 heterocycles. The number of rotatable bonds is 20. The van der Waals surface area contributed by atoms with E-state index < -0.39 is 6.04 Å². The van der Waals surface area contributed by atoms with Crippen LogP contribution in [0, 0.1) is 0 Å². The Kier molecular flexibility index (Phi) is 19.7. The van der Waals surface area contributed by atoms with Gasteiger partial charge in [-0.05, 0) is 12.8 Å². The van der Waals surface area contributed by atoms with Crippen LogP contribution < -0.4 is 5.73 Å². The lowest BCUT2D eigenvalue weighted by Gasteiger charge is -2.06. The number of esters is 1. The molecule has 154 valence electrons. The van der Waals surface area contributed by atoms with E-state index in [2.05, 4.69) is 6.92 Å². The van der Waals surface area contributed by atoms with Gasteiger partial charge in [0.05, 0.1) is 12.6 Å². The third-order valence-electron chi connectivity index (χ3n) is 4.87. The molecule has 0 saturated carbocycles. The van der Waals surface area contributed by atoms with E-state index in [1.807, 2.05) is 0 Å². The van der Waals surface area contributed by atoms with Gasteiger partial charge in [0.25, 0.3) is 0 Å². The van der Waals surface area contributed by atoms with Gasteiger partial charge in [0.1, 0.15) is 6.29 Å². The predicted octanol–water partition coefficient (Wildman–Crippen LogP) is 5.71. The van der Waals surface area contributed by atoms with Crippen LogP contribution in [0.3, 0.4) is 0 Å². The van der Waals surface area contributed by atoms with E-state index in [4.69, 9.17) is 10.5 Å². The van der Waals surface area contributed by atoms with Gasteiger partial charge in [-0.2, -0.15) is 0 Å². The summed E-state index contributed by atoms with van der Waals surface area (Å²) in [6, 6.07) is -0.548. The van der Waals surface area contributed by atoms with Gasteiger partial charge in [0, 0.05) is 6.42 Å². The Morgan fingerprint density at radius 1 is 0.808 bits per heavy atom. The molecule has 1 atom stereocenters. The smallest absolute Gasteiger partial charge is 0.305 e. The predicted molar refractivity (Wildman–Crippen MR) is 109 cm³/mol. The van der Waals surface area contributed by atoms with Crippen LogP contribution in [-0.4, -0.2) is 24.9 Å². The van der Waals surface area contributed by atoms with E-state index in [0.717, 1.165) is 12.8 Å². The second-order valence-electron chi connectivity index (χ2n) is 7.51. The third kappa shape index (κ3) is 19.4. The van der Waals surface area contributed by atoms with Gasteiger partial charge >= 0.3 is 5.97 Å². The van der Waals surface area contributed by atoms with Crippen molar-refractivity contribution in [3.05, 3.63) is 0 Å². The zero-order valence-corrected chi connectivity index (χ0v) is 17.2. The average molecular weight is 370 g/mol. The molecule has 0 aromatic heterocycles. The number of hydrogen-bond acceptors (Lipinski definition) is 4. The van der Waals surface area contributed by atoms with Gasteiger partial charge in [0.2, 0.25) is 0 Å². The molecule has 0 aromatic carbocycles. The molecule has 0 aliphatic carbocycles. The minimum absolute atomic E-state index is 0.235. The highest BCUT2D eigenvalue weighted by atomic mass is 16.5. The number of carbonyl (C=O) groups is 2. The maximum atomic E-state index is 11.4. The highest BCUT2D eigenvalue weighted by molar-refractivity contribution is 5.70. The average Bonchev–Trinajstić information content (AvgIpc) is 2.65. The van der Waals surface area contributed by atoms with E-state index in [1.165, 1.54) is 83.5 Å². The van der Waals surface area contributed by atoms with Crippen molar-refractivity contribution >= 4 is 12.3 Å². The minimum atomic E-state index is -0.548. The van der Waals surface area contributed by atoms with Crippen LogP contribution in [0.2, 0.25) is 0 Å². The molecule has 0 fully saturated rings. The van der Waals surface area contributed by atoms with Crippen LogP contribution in [0.4, 0.5) is 0 Å². The second-order valence-corrected chi connectivity index (χ2v) is 7.51. The van der Waals surface area contributed by atoms with Crippen molar-refractivity contribution < 1.29 is 14.3 Å². The van der Waals surface area contributed by atoms with Crippen LogP contribution in [0.1, 0.15) is 116 Å². The molecule has 0 aromatic rings. The quantitative estimate of drug-likeness (QED) is 0.170. The summed E-state index contributed by atoms with van der Waals surface area (Å²) in [6.45, 7) is 2.76. The van der Waals surface area contributed by atoms with Crippen molar-refractivity contribution in [2.45, 2.75) is 122 Å². The normalized spacial score (nSPS) is 12.1. The molecule has 0 rings (SSSR count). The SMILES string of the molecule is CCCCCCCCCCCCCCCCCOC(=O)CCC(N)C=O. The molecule has 0 bridgehead atoms. The Bertz CT molecular complexity index is 321. The Hall–Kier alpha value is -0.900. The number of hydrogen-bond donors (Lipinski definition) is 1. The third-order valence-corrected chi connectivity index (χ3v) is 4.87. The van der Waals surface area contributed by atoms with Crippen LogP contribution in [0.15, 0.2) is 0 Å². The van der Waals surface area contributed by atoms with Gasteiger partial charge in [-0.1, -0.05) is 96.8 Å². The highest BCUT2D eigenvalue weighted by Crippen LogP contribution is 2.13. The summed E-state index contributed by atoms with van der Waals surface area (Å²) in [5, 5.41) is 0. The largest absolute Gasteiger partial charge is 0.466 e. The number of ether oxygens (including phenoxy) is 1. The Balaban J connectivity index is 3.13. The lowest BCUT2D eigenvalue weighted by Crippen LogP contribution is -2.22. The molecule has 0 amide bonds. The molecule has 4 nitrogen and oxygen atoms in total. The molecule has 0 radical (unpaired) electrons. The van der Waals surface area contributed by atoms with Crippen LogP contribution in [0.5, 0.6) is 0 Å². The molecule has 4 heteroatoms. The molecule has 0 aliphatic heterocycles. The van der Waals surface area contributed by atoms with E-state index >= 15 is 0 Å². The molecule has 2 N–H and O–H groups in total. The minimum Gasteiger partial charge on any atom is -0.466 e. The van der Waals surface area contributed by atoms with Crippen molar-refractivity contribution in [2.24, 2.45) is 5.73 Å². The summed E-state index contributed by atoms with van der Waals surface area (Å²) in [6.07, 6.45) is 21.2. The highest BCUT2D eigenvalue weighted by Gasteiger charge is 2.06. The topological polar surface area (TPSA) is 69.4 Å². The van der Waals surface area contributed by atoms with Gasteiger partial charge in [-0.3, -0.25) is 4.79 Å². The zero-order chi connectivity index (χ0) is 19.3. The molecular formula is C22H43NO3. The fourth-order valence-electron chi connectivity index (χ4n) is 3.08. The number of nitrogens with two attached hydrogens (primary N) is 1. The summed E-state index contributed by atoms with van der Waals surface area (Å²) in [5.41, 5.74) is 5.44. The first-order chi connectivity index (χ1) is 12.7. The maximum Gasteiger partial charge on any atom is 0.305 e. The lowest BCUT2D eigenvalue weighted by molar-refractivity contribution is -0.143. The summed E-state index contributed by atoms with van der Waals surface area (Å²) < 4.78 is 5.14. The monoisotopic (exact) mass is 369 g/mol. The number of aldehydes is 1.